The van der Waals surface area contributed by atoms with Crippen LogP contribution in [0.2, 0.25) is 0 Å². The van der Waals surface area contributed by atoms with E-state index in [1.807, 2.05) is 60.7 Å². The van der Waals surface area contributed by atoms with Crippen LogP contribution >= 0.6 is 31.9 Å². The average molecular weight is 754 g/mol. The molecule has 0 spiro atoms. The van der Waals surface area contributed by atoms with Gasteiger partial charge in [0.15, 0.2) is 11.6 Å². The zero-order valence-electron chi connectivity index (χ0n) is 25.0. The summed E-state index contributed by atoms with van der Waals surface area (Å²) in [6, 6.07) is 25.7. The fourth-order valence-electron chi connectivity index (χ4n) is 6.42. The van der Waals surface area contributed by atoms with E-state index >= 15 is 0 Å². The van der Waals surface area contributed by atoms with Gasteiger partial charge < -0.3 is 20.4 Å². The van der Waals surface area contributed by atoms with Crippen molar-refractivity contribution in [1.29, 1.82) is 0 Å². The summed E-state index contributed by atoms with van der Waals surface area (Å²) in [4.78, 5) is 26.2. The minimum absolute atomic E-state index is 0.0139. The van der Waals surface area contributed by atoms with Crippen molar-refractivity contribution in [2.45, 2.75) is 31.1 Å². The smallest absolute Gasteiger partial charge is 0.185 e. The predicted molar refractivity (Wildman–Crippen MR) is 189 cm³/mol. The number of hydrogen-bond acceptors (Lipinski definition) is 6. The van der Waals surface area contributed by atoms with Crippen LogP contribution in [0.3, 0.4) is 0 Å². The number of phenols is 2. The maximum absolute atomic E-state index is 13.1. The summed E-state index contributed by atoms with van der Waals surface area (Å²) in [5.74, 6) is -1.75. The summed E-state index contributed by atoms with van der Waals surface area (Å²) in [6.45, 7) is 0. The lowest BCUT2D eigenvalue weighted by Crippen LogP contribution is -2.17. The summed E-state index contributed by atoms with van der Waals surface area (Å²) in [7, 11) is 0. The van der Waals surface area contributed by atoms with Crippen molar-refractivity contribution < 1.29 is 30.0 Å². The van der Waals surface area contributed by atoms with Crippen molar-refractivity contribution in [3.05, 3.63) is 163 Å². The molecule has 2 atom stereocenters. The van der Waals surface area contributed by atoms with E-state index in [-0.39, 0.29) is 34.2 Å². The minimum atomic E-state index is -0.569. The van der Waals surface area contributed by atoms with Gasteiger partial charge in [0.1, 0.15) is 11.5 Å². The maximum Gasteiger partial charge on any atom is 0.185 e. The highest BCUT2D eigenvalue weighted by Crippen LogP contribution is 2.44. The van der Waals surface area contributed by atoms with Crippen molar-refractivity contribution >= 4 is 54.6 Å². The monoisotopic (exact) mass is 752 g/mol. The molecule has 47 heavy (non-hydrogen) atoms. The molecule has 4 N–H and O–H groups in total. The molecule has 236 valence electrons. The van der Waals surface area contributed by atoms with Gasteiger partial charge in [-0.2, -0.15) is 0 Å². The van der Waals surface area contributed by atoms with E-state index in [4.69, 9.17) is 0 Å². The van der Waals surface area contributed by atoms with Crippen LogP contribution in [0.4, 0.5) is 0 Å². The molecule has 8 heteroatoms. The first-order chi connectivity index (χ1) is 22.6. The molecule has 0 aliphatic heterocycles. The molecule has 0 amide bonds. The minimum Gasteiger partial charge on any atom is -0.515 e. The second kappa shape index (κ2) is 13.6. The molecule has 6 nitrogen and oxygen atoms in total. The first kappa shape index (κ1) is 32.3. The Hall–Kier alpha value is -4.66. The van der Waals surface area contributed by atoms with Gasteiger partial charge in [0, 0.05) is 43.1 Å². The molecule has 2 unspecified atom stereocenters. The fraction of sp³-hybridized carbons (Fsp3) is 0.128. The van der Waals surface area contributed by atoms with Crippen molar-refractivity contribution in [3.8, 4) is 11.5 Å². The molecule has 0 saturated carbocycles. The lowest BCUT2D eigenvalue weighted by Gasteiger charge is -2.26. The van der Waals surface area contributed by atoms with Crippen LogP contribution < -0.4 is 0 Å². The standard InChI is InChI=1S/C39H30Br2O6/c40-28-7-3-24(4-8-28)26-16-30(34(20-42)38(46)18-26)32-14-22(1-11-36(32)44)13-23-2-12-37(45)33(15-23)31-17-27(19-39(47)35(31)21-43)25-5-9-29(41)10-6-25/h1-12,14-15,18-21,30-31,42-45H,13,16-17H2/b34-20-,35-21-. The number of phenolic OH excluding ortho intramolecular Hbond substituents is 2. The van der Waals surface area contributed by atoms with Crippen LogP contribution in [0, 0.1) is 0 Å². The van der Waals surface area contributed by atoms with E-state index in [0.29, 0.717) is 30.4 Å². The third-order valence-corrected chi connectivity index (χ3v) is 9.89. The summed E-state index contributed by atoms with van der Waals surface area (Å²) in [5, 5.41) is 42.0. The summed E-state index contributed by atoms with van der Waals surface area (Å²) >= 11 is 6.88. The summed E-state index contributed by atoms with van der Waals surface area (Å²) in [5.41, 5.74) is 6.48. The molecular weight excluding hydrogens is 724 g/mol. The Morgan fingerprint density at radius 2 is 0.979 bits per heavy atom. The van der Waals surface area contributed by atoms with Crippen molar-refractivity contribution in [2.75, 3.05) is 0 Å². The normalized spacial score (nSPS) is 20.0. The molecular formula is C39H30Br2O6. The Labute approximate surface area is 289 Å². The second-order valence-electron chi connectivity index (χ2n) is 11.7. The van der Waals surface area contributed by atoms with Gasteiger partial charge in [0.25, 0.3) is 0 Å². The molecule has 6 rings (SSSR count). The zero-order valence-corrected chi connectivity index (χ0v) is 28.2. The number of aliphatic hydroxyl groups excluding tert-OH is 2. The van der Waals surface area contributed by atoms with E-state index in [1.54, 1.807) is 24.3 Å². The Morgan fingerprint density at radius 3 is 1.34 bits per heavy atom. The Morgan fingerprint density at radius 1 is 0.596 bits per heavy atom. The molecule has 0 heterocycles. The maximum atomic E-state index is 13.1. The first-order valence-corrected chi connectivity index (χ1v) is 16.6. The molecule has 0 fully saturated rings. The van der Waals surface area contributed by atoms with Crippen LogP contribution in [0.15, 0.2) is 130 Å². The highest BCUT2D eigenvalue weighted by Gasteiger charge is 2.32. The molecule has 4 aromatic carbocycles. The number of ketones is 2. The zero-order chi connectivity index (χ0) is 33.2. The molecule has 0 saturated heterocycles. The van der Waals surface area contributed by atoms with E-state index in [2.05, 4.69) is 31.9 Å². The Kier molecular flexibility index (Phi) is 9.34. The average Bonchev–Trinajstić information content (AvgIpc) is 3.06. The highest BCUT2D eigenvalue weighted by atomic mass is 79.9. The molecule has 2 aliphatic rings. The van der Waals surface area contributed by atoms with E-state index < -0.39 is 11.8 Å². The molecule has 4 aromatic rings. The number of rotatable bonds is 6. The van der Waals surface area contributed by atoms with Crippen LogP contribution in [-0.2, 0) is 16.0 Å². The molecule has 0 bridgehead atoms. The quantitative estimate of drug-likeness (QED) is 0.115. The number of halogens is 2. The summed E-state index contributed by atoms with van der Waals surface area (Å²) in [6.07, 6.45) is 5.94. The summed E-state index contributed by atoms with van der Waals surface area (Å²) < 4.78 is 1.83. The number of hydrogen-bond donors (Lipinski definition) is 4. The number of aliphatic hydroxyl groups is 2. The third kappa shape index (κ3) is 6.75. The Bertz CT molecular complexity index is 1860. The SMILES string of the molecule is O=C1C=C(c2ccc(Br)cc2)CC(c2cc(Cc3ccc(O)c(C4CC(c5ccc(Br)cc5)=CC(=O)/C4=C\O)c3)ccc2O)/C1=C/O. The third-order valence-electron chi connectivity index (χ3n) is 8.83. The lowest BCUT2D eigenvalue weighted by atomic mass is 9.76. The number of benzene rings is 4. The topological polar surface area (TPSA) is 115 Å². The van der Waals surface area contributed by atoms with Crippen LogP contribution in [0.1, 0.15) is 58.1 Å². The van der Waals surface area contributed by atoms with Gasteiger partial charge in [-0.25, -0.2) is 0 Å². The van der Waals surface area contributed by atoms with Gasteiger partial charge >= 0.3 is 0 Å². The number of allylic oxidation sites excluding steroid dienone is 6. The van der Waals surface area contributed by atoms with Crippen LogP contribution in [0.5, 0.6) is 11.5 Å². The number of aromatic hydroxyl groups is 2. The first-order valence-electron chi connectivity index (χ1n) is 15.0. The number of carbonyl (C=O) groups excluding carboxylic acids is 2. The van der Waals surface area contributed by atoms with Crippen molar-refractivity contribution in [3.63, 3.8) is 0 Å². The lowest BCUT2D eigenvalue weighted by molar-refractivity contribution is -0.112. The van der Waals surface area contributed by atoms with Gasteiger partial charge in [0.05, 0.1) is 12.5 Å². The molecule has 2 aliphatic carbocycles. The largest absolute Gasteiger partial charge is 0.515 e. The van der Waals surface area contributed by atoms with Gasteiger partial charge in [-0.1, -0.05) is 80.4 Å². The van der Waals surface area contributed by atoms with Crippen molar-refractivity contribution in [1.82, 2.24) is 0 Å². The van der Waals surface area contributed by atoms with E-state index in [9.17, 15) is 30.0 Å². The second-order valence-corrected chi connectivity index (χ2v) is 13.6. The predicted octanol–water partition coefficient (Wildman–Crippen LogP) is 9.38. The number of carbonyl (C=O) groups is 2. The Balaban J connectivity index is 1.31. The van der Waals surface area contributed by atoms with Gasteiger partial charge in [-0.05, 0) is 101 Å². The van der Waals surface area contributed by atoms with Crippen LogP contribution in [-0.4, -0.2) is 32.0 Å². The van der Waals surface area contributed by atoms with E-state index in [0.717, 1.165) is 54.9 Å². The van der Waals surface area contributed by atoms with Crippen LogP contribution in [0.25, 0.3) is 11.1 Å². The molecule has 0 radical (unpaired) electrons. The highest BCUT2D eigenvalue weighted by molar-refractivity contribution is 9.10. The molecule has 0 aromatic heterocycles. The van der Waals surface area contributed by atoms with E-state index in [1.165, 1.54) is 12.2 Å². The van der Waals surface area contributed by atoms with Crippen molar-refractivity contribution in [2.24, 2.45) is 0 Å². The van der Waals surface area contributed by atoms with Gasteiger partial charge in [-0.15, -0.1) is 0 Å². The van der Waals surface area contributed by atoms with Gasteiger partial charge in [-0.3, -0.25) is 9.59 Å². The van der Waals surface area contributed by atoms with Gasteiger partial charge in [0.2, 0.25) is 0 Å². The fourth-order valence-corrected chi connectivity index (χ4v) is 6.95.